The molecule has 2 aliphatic rings. The molecule has 1 saturated carbocycles. The second-order valence-electron chi connectivity index (χ2n) is 8.53. The van der Waals surface area contributed by atoms with Crippen LogP contribution in [0.25, 0.3) is 10.9 Å². The molecule has 7 nitrogen and oxygen atoms in total. The molecule has 2 aromatic heterocycles. The van der Waals surface area contributed by atoms with Gasteiger partial charge in [-0.2, -0.15) is 5.10 Å². The van der Waals surface area contributed by atoms with E-state index >= 15 is 0 Å². The Bertz CT molecular complexity index is 1200. The maximum absolute atomic E-state index is 12.2. The standard InChI is InChI=1S/C23H26N4O3/c1-24-22(30)20-21(29)19(28)13-26(25-20)14-23(11-4-5-12-23)27-17-9-3-2-7-15(17)16-8-6-10-18(16)27/h2-3,7,9,13,28H,4-6,8,10-12,14H2,1H3,(H,24,30). The van der Waals surface area contributed by atoms with E-state index in [1.807, 2.05) is 0 Å². The molecule has 1 fully saturated rings. The van der Waals surface area contributed by atoms with Crippen molar-refractivity contribution in [1.29, 1.82) is 0 Å². The average Bonchev–Trinajstić information content (AvgIpc) is 3.46. The summed E-state index contributed by atoms with van der Waals surface area (Å²) in [4.78, 5) is 24.3. The van der Waals surface area contributed by atoms with E-state index in [9.17, 15) is 14.7 Å². The minimum Gasteiger partial charge on any atom is -0.503 e. The average molecular weight is 406 g/mol. The van der Waals surface area contributed by atoms with Crippen LogP contribution in [0, 0.1) is 0 Å². The van der Waals surface area contributed by atoms with E-state index in [1.165, 1.54) is 41.8 Å². The van der Waals surface area contributed by atoms with Gasteiger partial charge in [0.2, 0.25) is 0 Å². The molecule has 0 atom stereocenters. The van der Waals surface area contributed by atoms with E-state index in [2.05, 4.69) is 39.2 Å². The second-order valence-corrected chi connectivity index (χ2v) is 8.53. The lowest BCUT2D eigenvalue weighted by Crippen LogP contribution is -2.38. The van der Waals surface area contributed by atoms with E-state index < -0.39 is 17.1 Å². The number of para-hydroxylation sites is 1. The molecule has 2 N–H and O–H groups in total. The Balaban J connectivity index is 1.67. The first-order chi connectivity index (χ1) is 14.5. The van der Waals surface area contributed by atoms with Crippen molar-refractivity contribution < 1.29 is 9.90 Å². The molecule has 0 radical (unpaired) electrons. The van der Waals surface area contributed by atoms with Crippen LogP contribution >= 0.6 is 0 Å². The summed E-state index contributed by atoms with van der Waals surface area (Å²) in [6, 6.07) is 8.60. The van der Waals surface area contributed by atoms with Crippen molar-refractivity contribution in [2.75, 3.05) is 7.05 Å². The number of nitrogens with zero attached hydrogens (tertiary/aromatic N) is 3. The monoisotopic (exact) mass is 406 g/mol. The van der Waals surface area contributed by atoms with Gasteiger partial charge in [-0.25, -0.2) is 0 Å². The largest absolute Gasteiger partial charge is 0.503 e. The van der Waals surface area contributed by atoms with Crippen molar-refractivity contribution in [2.24, 2.45) is 0 Å². The predicted molar refractivity (Wildman–Crippen MR) is 114 cm³/mol. The van der Waals surface area contributed by atoms with Crippen LogP contribution in [0.4, 0.5) is 0 Å². The van der Waals surface area contributed by atoms with Crippen molar-refractivity contribution in [3.05, 3.63) is 57.6 Å². The van der Waals surface area contributed by atoms with Gasteiger partial charge in [0.15, 0.2) is 11.4 Å². The molecular formula is C23H26N4O3. The van der Waals surface area contributed by atoms with Crippen LogP contribution in [0.2, 0.25) is 0 Å². The predicted octanol–water partition coefficient (Wildman–Crippen LogP) is 2.72. The molecule has 156 valence electrons. The van der Waals surface area contributed by atoms with Crippen molar-refractivity contribution >= 4 is 16.8 Å². The summed E-state index contributed by atoms with van der Waals surface area (Å²) in [5.74, 6) is -1.03. The van der Waals surface area contributed by atoms with Gasteiger partial charge in [-0.05, 0) is 43.7 Å². The number of carbonyl (C=O) groups is 1. The third-order valence-corrected chi connectivity index (χ3v) is 6.78. The number of aromatic hydroxyl groups is 1. The topological polar surface area (TPSA) is 89.2 Å². The fourth-order valence-electron chi connectivity index (χ4n) is 5.53. The van der Waals surface area contributed by atoms with Gasteiger partial charge in [-0.3, -0.25) is 14.3 Å². The van der Waals surface area contributed by atoms with E-state index in [0.29, 0.717) is 6.54 Å². The lowest BCUT2D eigenvalue weighted by molar-refractivity contribution is 0.0952. The molecule has 1 amide bonds. The summed E-state index contributed by atoms with van der Waals surface area (Å²) >= 11 is 0. The summed E-state index contributed by atoms with van der Waals surface area (Å²) in [7, 11) is 1.45. The number of benzene rings is 1. The molecule has 3 aromatic rings. The molecule has 1 aromatic carbocycles. The molecule has 2 heterocycles. The van der Waals surface area contributed by atoms with Crippen LogP contribution in [0.15, 0.2) is 35.3 Å². The minimum atomic E-state index is -0.738. The molecule has 2 aliphatic carbocycles. The third-order valence-electron chi connectivity index (χ3n) is 6.78. The number of amides is 1. The van der Waals surface area contributed by atoms with Gasteiger partial charge in [0, 0.05) is 23.6 Å². The SMILES string of the molecule is CNC(=O)c1nn(CC2(n3c4c(c5ccccc53)CCC4)CCCC2)cc(O)c1=O. The fourth-order valence-corrected chi connectivity index (χ4v) is 5.53. The Morgan fingerprint density at radius 1 is 1.20 bits per heavy atom. The van der Waals surface area contributed by atoms with Gasteiger partial charge < -0.3 is 15.0 Å². The van der Waals surface area contributed by atoms with E-state index in [0.717, 1.165) is 38.5 Å². The zero-order valence-corrected chi connectivity index (χ0v) is 17.1. The first kappa shape index (κ1) is 18.9. The highest BCUT2D eigenvalue weighted by Gasteiger charge is 2.40. The quantitative estimate of drug-likeness (QED) is 0.697. The van der Waals surface area contributed by atoms with Crippen LogP contribution < -0.4 is 10.7 Å². The molecule has 30 heavy (non-hydrogen) atoms. The molecule has 0 aliphatic heterocycles. The van der Waals surface area contributed by atoms with Crippen LogP contribution in [-0.2, 0) is 24.9 Å². The van der Waals surface area contributed by atoms with Gasteiger partial charge in [-0.1, -0.05) is 31.0 Å². The molecule has 0 spiro atoms. The maximum atomic E-state index is 12.2. The van der Waals surface area contributed by atoms with E-state index in [4.69, 9.17) is 0 Å². The number of hydrogen-bond acceptors (Lipinski definition) is 4. The zero-order chi connectivity index (χ0) is 20.9. The summed E-state index contributed by atoms with van der Waals surface area (Å²) in [6.07, 6.45) is 8.95. The molecule has 0 unspecified atom stereocenters. The number of hydrogen-bond donors (Lipinski definition) is 2. The van der Waals surface area contributed by atoms with E-state index in [1.54, 1.807) is 4.68 Å². The van der Waals surface area contributed by atoms with Crippen molar-refractivity contribution in [1.82, 2.24) is 19.7 Å². The van der Waals surface area contributed by atoms with Gasteiger partial charge in [0.25, 0.3) is 11.3 Å². The van der Waals surface area contributed by atoms with Crippen LogP contribution in [0.3, 0.4) is 0 Å². The van der Waals surface area contributed by atoms with E-state index in [-0.39, 0.29) is 11.2 Å². The van der Waals surface area contributed by atoms with Crippen molar-refractivity contribution in [3.63, 3.8) is 0 Å². The first-order valence-corrected chi connectivity index (χ1v) is 10.7. The highest BCUT2D eigenvalue weighted by Crippen LogP contribution is 2.45. The van der Waals surface area contributed by atoms with Gasteiger partial charge in [-0.15, -0.1) is 0 Å². The highest BCUT2D eigenvalue weighted by molar-refractivity contribution is 5.92. The number of aromatic nitrogens is 3. The number of aryl methyl sites for hydroxylation is 1. The lowest BCUT2D eigenvalue weighted by Gasteiger charge is -2.34. The molecule has 7 heteroatoms. The third kappa shape index (κ3) is 2.75. The van der Waals surface area contributed by atoms with Crippen LogP contribution in [0.1, 0.15) is 53.8 Å². The molecule has 0 bridgehead atoms. The minimum absolute atomic E-state index is 0.188. The van der Waals surface area contributed by atoms with Gasteiger partial charge in [0.05, 0.1) is 18.3 Å². The summed E-state index contributed by atoms with van der Waals surface area (Å²) in [5.41, 5.74) is 2.92. The van der Waals surface area contributed by atoms with Crippen molar-refractivity contribution in [2.45, 2.75) is 57.0 Å². The summed E-state index contributed by atoms with van der Waals surface area (Å²) < 4.78 is 4.11. The summed E-state index contributed by atoms with van der Waals surface area (Å²) in [6.45, 7) is 0.510. The number of rotatable bonds is 4. The lowest BCUT2D eigenvalue weighted by atomic mass is 9.96. The number of fused-ring (bicyclic) bond motifs is 3. The first-order valence-electron chi connectivity index (χ1n) is 10.7. The maximum Gasteiger partial charge on any atom is 0.275 e. The zero-order valence-electron chi connectivity index (χ0n) is 17.1. The Kier molecular flexibility index (Phi) is 4.41. The number of carbonyl (C=O) groups excluding carboxylic acids is 1. The Morgan fingerprint density at radius 3 is 2.73 bits per heavy atom. The van der Waals surface area contributed by atoms with Crippen LogP contribution in [0.5, 0.6) is 5.75 Å². The Morgan fingerprint density at radius 2 is 1.97 bits per heavy atom. The molecule has 5 rings (SSSR count). The van der Waals surface area contributed by atoms with Gasteiger partial charge >= 0.3 is 0 Å². The highest BCUT2D eigenvalue weighted by atomic mass is 16.3. The number of nitrogens with one attached hydrogen (secondary N) is 1. The normalized spacial score (nSPS) is 17.4. The van der Waals surface area contributed by atoms with Crippen LogP contribution in [-0.4, -0.2) is 32.4 Å². The molecular weight excluding hydrogens is 380 g/mol. The smallest absolute Gasteiger partial charge is 0.275 e. The Hall–Kier alpha value is -3.09. The van der Waals surface area contributed by atoms with Crippen molar-refractivity contribution in [3.8, 4) is 5.75 Å². The Labute approximate surface area is 174 Å². The second kappa shape index (κ2) is 7.00. The summed E-state index contributed by atoms with van der Waals surface area (Å²) in [5, 5.41) is 18.3. The van der Waals surface area contributed by atoms with Gasteiger partial charge in [0.1, 0.15) is 0 Å². The molecule has 0 saturated heterocycles. The fraction of sp³-hybridized carbons (Fsp3) is 0.435.